The number of halogens is 1. The number of benzene rings is 1. The number of piperidine rings is 1. The molecule has 1 spiro atoms. The lowest BCUT2D eigenvalue weighted by atomic mass is 9.74. The number of likely N-dealkylation sites (tertiary alicyclic amines) is 1. The molecule has 0 atom stereocenters. The molecule has 5 heterocycles. The molecule has 1 aromatic carbocycles. The zero-order valence-electron chi connectivity index (χ0n) is 22.2. The molecule has 202 valence electrons. The molecule has 2 aliphatic heterocycles. The van der Waals surface area contributed by atoms with Crippen molar-refractivity contribution in [1.82, 2.24) is 25.2 Å². The van der Waals surface area contributed by atoms with E-state index in [1.165, 1.54) is 12.3 Å². The van der Waals surface area contributed by atoms with Crippen molar-refractivity contribution in [2.45, 2.75) is 43.2 Å². The second-order valence-corrected chi connectivity index (χ2v) is 11.0. The first kappa shape index (κ1) is 24.8. The number of rotatable bonds is 5. The van der Waals surface area contributed by atoms with Gasteiger partial charge in [0, 0.05) is 48.2 Å². The maximum atomic E-state index is 14.3. The van der Waals surface area contributed by atoms with Crippen molar-refractivity contribution in [2.24, 2.45) is 0 Å². The van der Waals surface area contributed by atoms with Gasteiger partial charge >= 0.3 is 0 Å². The lowest BCUT2D eigenvalue weighted by Gasteiger charge is -2.39. The van der Waals surface area contributed by atoms with Gasteiger partial charge in [-0.1, -0.05) is 24.3 Å². The summed E-state index contributed by atoms with van der Waals surface area (Å²) in [5, 5.41) is 5.10. The third kappa shape index (κ3) is 3.71. The van der Waals surface area contributed by atoms with E-state index in [0.29, 0.717) is 31.6 Å². The topological polar surface area (TPSA) is 91.3 Å². The Morgan fingerprint density at radius 1 is 1.00 bits per heavy atom. The van der Waals surface area contributed by atoms with E-state index in [1.54, 1.807) is 23.4 Å². The molecule has 0 radical (unpaired) electrons. The maximum absolute atomic E-state index is 14.3. The molecule has 1 N–H and O–H groups in total. The highest BCUT2D eigenvalue weighted by Crippen LogP contribution is 2.49. The maximum Gasteiger partial charge on any atom is 0.242 e. The standard InChI is InChI=1S/C31H29FN6O2/c1-33-31(9-10-31)29(40)37-14-11-30(12-15-37)23-8-13-34-18-25(23)38(28(30)39)19-24-27(21-6-7-26(32)36-17-21)22-5-3-2-4-20(22)16-35-24/h2-8,13,16-18,33H,9-12,14-15,19H2,1H3. The molecule has 2 fully saturated rings. The molecule has 1 saturated heterocycles. The first-order valence-electron chi connectivity index (χ1n) is 13.7. The summed E-state index contributed by atoms with van der Waals surface area (Å²) >= 11 is 0. The Labute approximate surface area is 231 Å². The summed E-state index contributed by atoms with van der Waals surface area (Å²) in [6.07, 6.45) is 9.64. The normalized spacial score (nSPS) is 18.8. The first-order chi connectivity index (χ1) is 19.5. The summed E-state index contributed by atoms with van der Waals surface area (Å²) in [6.45, 7) is 1.30. The number of amides is 2. The predicted octanol–water partition coefficient (Wildman–Crippen LogP) is 3.99. The molecule has 4 aromatic rings. The van der Waals surface area contributed by atoms with E-state index >= 15 is 0 Å². The van der Waals surface area contributed by atoms with Crippen LogP contribution in [-0.4, -0.2) is 57.3 Å². The van der Waals surface area contributed by atoms with Crippen LogP contribution in [0.3, 0.4) is 0 Å². The Morgan fingerprint density at radius 2 is 1.80 bits per heavy atom. The largest absolute Gasteiger partial charge is 0.341 e. The lowest BCUT2D eigenvalue weighted by Crippen LogP contribution is -2.54. The van der Waals surface area contributed by atoms with E-state index < -0.39 is 16.9 Å². The number of pyridine rings is 3. The number of hydrogen-bond acceptors (Lipinski definition) is 6. The lowest BCUT2D eigenvalue weighted by molar-refractivity contribution is -0.138. The van der Waals surface area contributed by atoms with Gasteiger partial charge in [-0.2, -0.15) is 4.39 Å². The summed E-state index contributed by atoms with van der Waals surface area (Å²) in [4.78, 5) is 44.2. The smallest absolute Gasteiger partial charge is 0.242 e. The zero-order chi connectivity index (χ0) is 27.5. The van der Waals surface area contributed by atoms with Gasteiger partial charge in [-0.05, 0) is 61.9 Å². The van der Waals surface area contributed by atoms with Crippen molar-refractivity contribution in [1.29, 1.82) is 0 Å². The third-order valence-electron chi connectivity index (χ3n) is 9.01. The van der Waals surface area contributed by atoms with Gasteiger partial charge in [-0.3, -0.25) is 19.6 Å². The van der Waals surface area contributed by atoms with Crippen LogP contribution < -0.4 is 10.2 Å². The molecule has 0 bridgehead atoms. The van der Waals surface area contributed by atoms with E-state index in [0.717, 1.165) is 46.0 Å². The van der Waals surface area contributed by atoms with Crippen molar-refractivity contribution in [3.63, 3.8) is 0 Å². The summed E-state index contributed by atoms with van der Waals surface area (Å²) in [5.74, 6) is -0.405. The Balaban J connectivity index is 1.25. The van der Waals surface area contributed by atoms with Gasteiger partial charge in [0.25, 0.3) is 0 Å². The molecule has 1 saturated carbocycles. The Morgan fingerprint density at radius 3 is 2.52 bits per heavy atom. The number of nitrogens with zero attached hydrogens (tertiary/aromatic N) is 5. The van der Waals surface area contributed by atoms with Crippen molar-refractivity contribution >= 4 is 28.3 Å². The van der Waals surface area contributed by atoms with Crippen LogP contribution in [0, 0.1) is 5.95 Å². The van der Waals surface area contributed by atoms with Gasteiger partial charge in [-0.15, -0.1) is 0 Å². The van der Waals surface area contributed by atoms with Crippen molar-refractivity contribution in [3.05, 3.63) is 84.5 Å². The highest BCUT2D eigenvalue weighted by molar-refractivity contribution is 6.08. The number of fused-ring (bicyclic) bond motifs is 3. The van der Waals surface area contributed by atoms with E-state index in [-0.39, 0.29) is 18.4 Å². The number of hydrogen-bond donors (Lipinski definition) is 1. The fraction of sp³-hybridized carbons (Fsp3) is 0.323. The molecular weight excluding hydrogens is 507 g/mol. The molecule has 40 heavy (non-hydrogen) atoms. The van der Waals surface area contributed by atoms with Crippen molar-refractivity contribution in [3.8, 4) is 11.1 Å². The van der Waals surface area contributed by atoms with Crippen LogP contribution in [-0.2, 0) is 21.5 Å². The van der Waals surface area contributed by atoms with Gasteiger partial charge in [-0.25, -0.2) is 4.98 Å². The van der Waals surface area contributed by atoms with Crippen molar-refractivity contribution in [2.75, 3.05) is 25.0 Å². The minimum atomic E-state index is -0.708. The van der Waals surface area contributed by atoms with Crippen LogP contribution in [0.25, 0.3) is 21.9 Å². The summed E-state index contributed by atoms with van der Waals surface area (Å²) in [6, 6.07) is 12.9. The highest BCUT2D eigenvalue weighted by atomic mass is 19.1. The quantitative estimate of drug-likeness (QED) is 0.388. The van der Waals surface area contributed by atoms with E-state index in [9.17, 15) is 14.0 Å². The number of carbonyl (C=O) groups excluding carboxylic acids is 2. The highest BCUT2D eigenvalue weighted by Gasteiger charge is 2.55. The monoisotopic (exact) mass is 536 g/mol. The van der Waals surface area contributed by atoms with E-state index in [4.69, 9.17) is 4.98 Å². The second kappa shape index (κ2) is 9.16. The van der Waals surface area contributed by atoms with Gasteiger partial charge in [0.1, 0.15) is 0 Å². The van der Waals surface area contributed by atoms with Gasteiger partial charge in [0.15, 0.2) is 0 Å². The number of carbonyl (C=O) groups is 2. The SMILES string of the molecule is CNC1(C(=O)N2CCC3(CC2)C(=O)N(Cc2ncc4ccccc4c2-c2ccc(F)nc2)c2cnccc23)CC1. The average molecular weight is 537 g/mol. The number of nitrogens with one attached hydrogen (secondary N) is 1. The zero-order valence-corrected chi connectivity index (χ0v) is 22.2. The van der Waals surface area contributed by atoms with Gasteiger partial charge < -0.3 is 15.1 Å². The molecule has 1 aliphatic carbocycles. The molecule has 8 nitrogen and oxygen atoms in total. The van der Waals surface area contributed by atoms with Crippen LogP contribution in [0.1, 0.15) is 36.9 Å². The van der Waals surface area contributed by atoms with Gasteiger partial charge in [0.2, 0.25) is 17.8 Å². The van der Waals surface area contributed by atoms with E-state index in [1.807, 2.05) is 48.5 Å². The molecule has 2 amide bonds. The van der Waals surface area contributed by atoms with Crippen LogP contribution in [0.15, 0.2) is 67.3 Å². The van der Waals surface area contributed by atoms with E-state index in [2.05, 4.69) is 15.3 Å². The van der Waals surface area contributed by atoms with Crippen LogP contribution in [0.2, 0.25) is 0 Å². The summed E-state index contributed by atoms with van der Waals surface area (Å²) < 4.78 is 13.7. The van der Waals surface area contributed by atoms with Crippen LogP contribution in [0.5, 0.6) is 0 Å². The summed E-state index contributed by atoms with van der Waals surface area (Å²) in [5.41, 5.74) is 2.86. The minimum Gasteiger partial charge on any atom is -0.341 e. The Kier molecular flexibility index (Phi) is 5.67. The Hall–Kier alpha value is -4.24. The number of aromatic nitrogens is 3. The molecule has 0 unspecified atom stereocenters. The predicted molar refractivity (Wildman–Crippen MR) is 149 cm³/mol. The molecule has 3 aromatic heterocycles. The molecule has 7 rings (SSSR count). The summed E-state index contributed by atoms with van der Waals surface area (Å²) in [7, 11) is 1.84. The minimum absolute atomic E-state index is 0.00971. The third-order valence-corrected chi connectivity index (χ3v) is 9.01. The number of likely N-dealkylation sites (N-methyl/N-ethyl adjacent to an activating group) is 1. The van der Waals surface area contributed by atoms with Crippen molar-refractivity contribution < 1.29 is 14.0 Å². The van der Waals surface area contributed by atoms with Gasteiger partial charge in [0.05, 0.1) is 35.1 Å². The number of anilines is 1. The second-order valence-electron chi connectivity index (χ2n) is 11.0. The molecule has 3 aliphatic rings. The Bertz CT molecular complexity index is 1640. The fourth-order valence-corrected chi connectivity index (χ4v) is 6.54. The molecule has 9 heteroatoms. The fourth-order valence-electron chi connectivity index (χ4n) is 6.54. The van der Waals surface area contributed by atoms with Crippen LogP contribution >= 0.6 is 0 Å². The molecular formula is C31H29FN6O2. The first-order valence-corrected chi connectivity index (χ1v) is 13.7. The van der Waals surface area contributed by atoms with Crippen LogP contribution in [0.4, 0.5) is 10.1 Å². The average Bonchev–Trinajstić information content (AvgIpc) is 3.77.